The molecule has 0 aliphatic heterocycles. The van der Waals surface area contributed by atoms with Gasteiger partial charge in [-0.2, -0.15) is 0 Å². The van der Waals surface area contributed by atoms with E-state index in [1.54, 1.807) is 0 Å². The molecule has 11 heavy (non-hydrogen) atoms. The van der Waals surface area contributed by atoms with E-state index in [4.69, 9.17) is 10.5 Å². The maximum atomic E-state index is 10.7. The number of rotatable bonds is 1. The standard InChI is InChI=1S/C7H5NO3/c8-4-1-2-6(9)5(3-4)7(10)11/h1-3,8H,(H,10,11). The Morgan fingerprint density at radius 2 is 2.09 bits per heavy atom. The van der Waals surface area contributed by atoms with E-state index in [0.29, 0.717) is 0 Å². The molecule has 4 heteroatoms. The van der Waals surface area contributed by atoms with Crippen molar-refractivity contribution >= 4 is 17.5 Å². The third kappa shape index (κ3) is 1.40. The molecule has 56 valence electrons. The summed E-state index contributed by atoms with van der Waals surface area (Å²) in [6.07, 6.45) is 3.37. The molecule has 0 saturated heterocycles. The van der Waals surface area contributed by atoms with Gasteiger partial charge in [-0.15, -0.1) is 0 Å². The quantitative estimate of drug-likeness (QED) is 0.413. The Hall–Kier alpha value is -1.71. The summed E-state index contributed by atoms with van der Waals surface area (Å²) in [7, 11) is 0. The molecule has 1 rings (SSSR count). The lowest BCUT2D eigenvalue weighted by Gasteiger charge is -2.00. The molecule has 0 spiro atoms. The van der Waals surface area contributed by atoms with Crippen LogP contribution >= 0.6 is 0 Å². The lowest BCUT2D eigenvalue weighted by molar-refractivity contribution is -0.134. The second-order valence-electron chi connectivity index (χ2n) is 2.02. The van der Waals surface area contributed by atoms with Gasteiger partial charge < -0.3 is 10.5 Å². The minimum Gasteiger partial charge on any atom is -0.478 e. The average Bonchev–Trinajstić information content (AvgIpc) is 1.94. The molecule has 4 nitrogen and oxygen atoms in total. The second kappa shape index (κ2) is 2.49. The first-order valence-electron chi connectivity index (χ1n) is 2.87. The molecule has 0 atom stereocenters. The fourth-order valence-corrected chi connectivity index (χ4v) is 0.697. The first-order valence-corrected chi connectivity index (χ1v) is 2.87. The molecule has 0 aromatic rings. The van der Waals surface area contributed by atoms with Gasteiger partial charge in [0.05, 0.1) is 5.71 Å². The number of carboxylic acids is 1. The third-order valence-corrected chi connectivity index (χ3v) is 1.21. The van der Waals surface area contributed by atoms with Gasteiger partial charge in [0.25, 0.3) is 0 Å². The Kier molecular flexibility index (Phi) is 1.68. The topological polar surface area (TPSA) is 78.2 Å². The normalized spacial score (nSPS) is 16.5. The van der Waals surface area contributed by atoms with Crippen molar-refractivity contribution in [1.29, 1.82) is 5.41 Å². The SMILES string of the molecule is N=C1C=CC(=O)C(C(=O)O)=C1. The minimum absolute atomic E-state index is 0.0296. The number of carbonyl (C=O) groups excluding carboxylic acids is 1. The highest BCUT2D eigenvalue weighted by atomic mass is 16.4. The summed E-state index contributed by atoms with van der Waals surface area (Å²) in [4.78, 5) is 21.0. The molecule has 0 fully saturated rings. The van der Waals surface area contributed by atoms with Crippen LogP contribution in [0.5, 0.6) is 0 Å². The summed E-state index contributed by atoms with van der Waals surface area (Å²) < 4.78 is 0. The van der Waals surface area contributed by atoms with Crippen molar-refractivity contribution in [3.63, 3.8) is 0 Å². The number of nitrogens with one attached hydrogen (secondary N) is 1. The van der Waals surface area contributed by atoms with E-state index >= 15 is 0 Å². The van der Waals surface area contributed by atoms with Crippen LogP contribution in [-0.2, 0) is 9.59 Å². The van der Waals surface area contributed by atoms with Crippen molar-refractivity contribution in [2.24, 2.45) is 0 Å². The predicted octanol–water partition coefficient (Wildman–Crippen LogP) is 0.156. The van der Waals surface area contributed by atoms with Crippen LogP contribution in [0.4, 0.5) is 0 Å². The van der Waals surface area contributed by atoms with E-state index in [1.165, 1.54) is 6.08 Å². The third-order valence-electron chi connectivity index (χ3n) is 1.21. The average molecular weight is 151 g/mol. The number of hydrogen-bond acceptors (Lipinski definition) is 3. The van der Waals surface area contributed by atoms with Gasteiger partial charge in [-0.05, 0) is 18.2 Å². The van der Waals surface area contributed by atoms with E-state index in [1.807, 2.05) is 0 Å². The van der Waals surface area contributed by atoms with Gasteiger partial charge >= 0.3 is 5.97 Å². The van der Waals surface area contributed by atoms with Gasteiger partial charge in [-0.1, -0.05) is 0 Å². The highest BCUT2D eigenvalue weighted by Crippen LogP contribution is 2.04. The van der Waals surface area contributed by atoms with Gasteiger partial charge in [0.1, 0.15) is 5.57 Å². The van der Waals surface area contributed by atoms with Crippen molar-refractivity contribution in [1.82, 2.24) is 0 Å². The molecule has 0 unspecified atom stereocenters. The summed E-state index contributed by atoms with van der Waals surface area (Å²) >= 11 is 0. The maximum absolute atomic E-state index is 10.7. The fourth-order valence-electron chi connectivity index (χ4n) is 0.697. The molecule has 0 amide bonds. The molecular weight excluding hydrogens is 146 g/mol. The van der Waals surface area contributed by atoms with Crippen LogP contribution in [0.2, 0.25) is 0 Å². The minimum atomic E-state index is -1.29. The molecule has 2 N–H and O–H groups in total. The molecule has 0 heterocycles. The molecule has 0 saturated carbocycles. The molecular formula is C7H5NO3. The highest BCUT2D eigenvalue weighted by Gasteiger charge is 2.17. The van der Waals surface area contributed by atoms with Crippen molar-refractivity contribution in [2.75, 3.05) is 0 Å². The van der Waals surface area contributed by atoms with Gasteiger partial charge in [0.2, 0.25) is 0 Å². The summed E-state index contributed by atoms with van der Waals surface area (Å²) in [5.41, 5.74) is -0.320. The van der Waals surface area contributed by atoms with Gasteiger partial charge in [-0.25, -0.2) is 4.79 Å². The molecule has 0 aromatic carbocycles. The van der Waals surface area contributed by atoms with E-state index in [2.05, 4.69) is 0 Å². The monoisotopic (exact) mass is 151 g/mol. The number of carboxylic acid groups (broad SMARTS) is 1. The van der Waals surface area contributed by atoms with Crippen LogP contribution in [-0.4, -0.2) is 22.6 Å². The summed E-state index contributed by atoms with van der Waals surface area (Å²) in [5.74, 6) is -1.85. The predicted molar refractivity (Wildman–Crippen MR) is 37.6 cm³/mol. The molecule has 1 aliphatic carbocycles. The Morgan fingerprint density at radius 1 is 1.45 bits per heavy atom. The van der Waals surface area contributed by atoms with Crippen LogP contribution in [0.1, 0.15) is 0 Å². The van der Waals surface area contributed by atoms with E-state index in [9.17, 15) is 9.59 Å². The Labute approximate surface area is 62.3 Å². The van der Waals surface area contributed by atoms with Crippen molar-refractivity contribution in [3.8, 4) is 0 Å². The second-order valence-corrected chi connectivity index (χ2v) is 2.02. The van der Waals surface area contributed by atoms with Crippen LogP contribution in [0.15, 0.2) is 23.8 Å². The Balaban J connectivity index is 3.03. The van der Waals surface area contributed by atoms with Gasteiger partial charge in [0, 0.05) is 0 Å². The zero-order valence-corrected chi connectivity index (χ0v) is 5.50. The van der Waals surface area contributed by atoms with E-state index < -0.39 is 11.8 Å². The van der Waals surface area contributed by atoms with Crippen LogP contribution in [0.3, 0.4) is 0 Å². The van der Waals surface area contributed by atoms with Gasteiger partial charge in [-0.3, -0.25) is 4.79 Å². The molecule has 1 aliphatic rings. The summed E-state index contributed by atoms with van der Waals surface area (Å²) in [6, 6.07) is 0. The first kappa shape index (κ1) is 7.40. The lowest BCUT2D eigenvalue weighted by atomic mass is 10.0. The van der Waals surface area contributed by atoms with Crippen molar-refractivity contribution in [3.05, 3.63) is 23.8 Å². The number of hydrogen-bond donors (Lipinski definition) is 2. The number of ketones is 1. The number of allylic oxidation sites excluding steroid dienone is 3. The zero-order valence-electron chi connectivity index (χ0n) is 5.50. The maximum Gasteiger partial charge on any atom is 0.339 e. The fraction of sp³-hybridized carbons (Fsp3) is 0. The van der Waals surface area contributed by atoms with E-state index in [0.717, 1.165) is 12.2 Å². The summed E-state index contributed by atoms with van der Waals surface area (Å²) in [5, 5.41) is 15.4. The van der Waals surface area contributed by atoms with Gasteiger partial charge in [0.15, 0.2) is 5.78 Å². The largest absolute Gasteiger partial charge is 0.478 e. The smallest absolute Gasteiger partial charge is 0.339 e. The highest BCUT2D eigenvalue weighted by molar-refractivity contribution is 6.28. The van der Waals surface area contributed by atoms with Crippen molar-refractivity contribution < 1.29 is 14.7 Å². The van der Waals surface area contributed by atoms with Crippen LogP contribution < -0.4 is 0 Å². The van der Waals surface area contributed by atoms with Crippen LogP contribution in [0, 0.1) is 5.41 Å². The first-order chi connectivity index (χ1) is 5.11. The molecule has 0 bridgehead atoms. The molecule has 0 radical (unpaired) electrons. The Bertz CT molecular complexity index is 299. The number of aliphatic carboxylic acids is 1. The molecule has 0 aromatic heterocycles. The Morgan fingerprint density at radius 3 is 2.55 bits per heavy atom. The lowest BCUT2D eigenvalue weighted by Crippen LogP contribution is -2.14. The van der Waals surface area contributed by atoms with E-state index in [-0.39, 0.29) is 11.3 Å². The summed E-state index contributed by atoms with van der Waals surface area (Å²) in [6.45, 7) is 0. The van der Waals surface area contributed by atoms with Crippen LogP contribution in [0.25, 0.3) is 0 Å². The zero-order chi connectivity index (χ0) is 8.43. The number of carbonyl (C=O) groups is 2. The van der Waals surface area contributed by atoms with Crippen molar-refractivity contribution in [2.45, 2.75) is 0 Å².